The number of ketones is 1. The van der Waals surface area contributed by atoms with Gasteiger partial charge in [-0.3, -0.25) is 16.5 Å². The minimum atomic E-state index is -0.492. The molecule has 2 heterocycles. The van der Waals surface area contributed by atoms with Gasteiger partial charge in [-0.1, -0.05) is 78.5 Å². The van der Waals surface area contributed by atoms with E-state index in [0.717, 1.165) is 27.7 Å². The van der Waals surface area contributed by atoms with E-state index < -0.39 is 5.25 Å². The van der Waals surface area contributed by atoms with E-state index in [1.54, 1.807) is 10.9 Å². The van der Waals surface area contributed by atoms with E-state index in [-0.39, 0.29) is 5.78 Å². The van der Waals surface area contributed by atoms with Crippen LogP contribution in [0.2, 0.25) is 0 Å². The number of aromatic nitrogens is 5. The molecule has 33 heavy (non-hydrogen) atoms. The summed E-state index contributed by atoms with van der Waals surface area (Å²) >= 11 is 1.36. The minimum Gasteiger partial charge on any atom is -0.360 e. The molecule has 0 aliphatic heterocycles. The monoisotopic (exact) mass is 457 g/mol. The van der Waals surface area contributed by atoms with Crippen molar-refractivity contribution in [1.29, 1.82) is 0 Å². The highest BCUT2D eigenvalue weighted by molar-refractivity contribution is 8.00. The molecule has 0 aliphatic carbocycles. The summed E-state index contributed by atoms with van der Waals surface area (Å²) in [5.74, 6) is 8.01. The smallest absolute Gasteiger partial charge is 0.215 e. The highest BCUT2D eigenvalue weighted by atomic mass is 32.2. The number of carbonyl (C=O) groups excluding carboxylic acids is 1. The SMILES string of the molecule is Cc1ccccc1-n1nnnc1SC(C(=O)c1c[nH]c2ccccc12)c1ccccc1.NN. The predicted molar refractivity (Wildman–Crippen MR) is 130 cm³/mol. The quantitative estimate of drug-likeness (QED) is 0.152. The zero-order valence-electron chi connectivity index (χ0n) is 17.9. The molecule has 0 saturated carbocycles. The zero-order chi connectivity index (χ0) is 23.2. The third-order valence-corrected chi connectivity index (χ3v) is 6.39. The number of nitrogens with two attached hydrogens (primary N) is 2. The van der Waals surface area contributed by atoms with Gasteiger partial charge in [-0.25, -0.2) is 0 Å². The Morgan fingerprint density at radius 2 is 1.67 bits per heavy atom. The molecule has 5 rings (SSSR count). The number of hydrogen-bond acceptors (Lipinski definition) is 7. The van der Waals surface area contributed by atoms with E-state index in [4.69, 9.17) is 0 Å². The molecule has 0 fully saturated rings. The van der Waals surface area contributed by atoms with Crippen molar-refractivity contribution >= 4 is 28.4 Å². The molecule has 0 radical (unpaired) electrons. The van der Waals surface area contributed by atoms with Crippen LogP contribution in [-0.4, -0.2) is 31.0 Å². The first-order valence-corrected chi connectivity index (χ1v) is 11.1. The van der Waals surface area contributed by atoms with Gasteiger partial charge in [0.1, 0.15) is 5.25 Å². The van der Waals surface area contributed by atoms with Crippen LogP contribution in [0.5, 0.6) is 0 Å². The number of para-hydroxylation sites is 2. The summed E-state index contributed by atoms with van der Waals surface area (Å²) in [4.78, 5) is 16.9. The van der Waals surface area contributed by atoms with E-state index >= 15 is 0 Å². The van der Waals surface area contributed by atoms with Crippen molar-refractivity contribution in [2.45, 2.75) is 17.3 Å². The maximum absolute atomic E-state index is 13.7. The van der Waals surface area contributed by atoms with Crippen LogP contribution in [0.15, 0.2) is 90.2 Å². The Bertz CT molecular complexity index is 1360. The lowest BCUT2D eigenvalue weighted by Crippen LogP contribution is -2.11. The van der Waals surface area contributed by atoms with Gasteiger partial charge in [0, 0.05) is 22.7 Å². The van der Waals surface area contributed by atoms with Gasteiger partial charge in [-0.2, -0.15) is 4.68 Å². The van der Waals surface area contributed by atoms with Gasteiger partial charge in [0.25, 0.3) is 0 Å². The van der Waals surface area contributed by atoms with E-state index in [1.807, 2.05) is 85.8 Å². The van der Waals surface area contributed by atoms with Crippen LogP contribution >= 0.6 is 11.8 Å². The van der Waals surface area contributed by atoms with Crippen LogP contribution < -0.4 is 11.7 Å². The van der Waals surface area contributed by atoms with Crippen LogP contribution in [0.1, 0.15) is 26.7 Å². The van der Waals surface area contributed by atoms with Crippen LogP contribution in [0.4, 0.5) is 0 Å². The number of aryl methyl sites for hydroxylation is 1. The van der Waals surface area contributed by atoms with Crippen molar-refractivity contribution in [3.05, 3.63) is 102 Å². The molecule has 5 aromatic rings. The van der Waals surface area contributed by atoms with E-state index in [0.29, 0.717) is 10.7 Å². The van der Waals surface area contributed by atoms with Crippen molar-refractivity contribution in [2.75, 3.05) is 0 Å². The molecule has 1 unspecified atom stereocenters. The molecule has 0 bridgehead atoms. The molecule has 0 amide bonds. The van der Waals surface area contributed by atoms with Crippen molar-refractivity contribution in [3.8, 4) is 5.69 Å². The lowest BCUT2D eigenvalue weighted by molar-refractivity contribution is 0.0991. The minimum absolute atomic E-state index is 0.00739. The highest BCUT2D eigenvalue weighted by Gasteiger charge is 2.28. The normalized spacial score (nSPS) is 11.6. The Morgan fingerprint density at radius 3 is 2.45 bits per heavy atom. The number of tetrazole rings is 1. The van der Waals surface area contributed by atoms with Gasteiger partial charge in [0.2, 0.25) is 5.16 Å². The summed E-state index contributed by atoms with van der Waals surface area (Å²) in [6, 6.07) is 25.5. The number of benzene rings is 3. The van der Waals surface area contributed by atoms with Crippen LogP contribution in [0.3, 0.4) is 0 Å². The maximum Gasteiger partial charge on any atom is 0.215 e. The lowest BCUT2D eigenvalue weighted by atomic mass is 10.0. The number of Topliss-reactive ketones (excluding diaryl/α,β-unsaturated/α-hetero) is 1. The number of H-pyrrole nitrogens is 1. The second-order valence-corrected chi connectivity index (χ2v) is 8.25. The third kappa shape index (κ3) is 4.56. The number of carbonyl (C=O) groups is 1. The topological polar surface area (TPSA) is 128 Å². The largest absolute Gasteiger partial charge is 0.360 e. The van der Waals surface area contributed by atoms with Gasteiger partial charge in [0.05, 0.1) is 5.69 Å². The molecule has 1 atom stereocenters. The standard InChI is InChI=1S/C24H19N5OS.H4N2/c1-16-9-5-8-14-21(16)29-24(26-27-28-29)31-23(17-10-3-2-4-11-17)22(30)19-15-25-20-13-7-6-12-18(19)20;1-2/h2-15,23,25H,1H3;1-2H2. The fraction of sp³-hybridized carbons (Fsp3) is 0.0833. The van der Waals surface area contributed by atoms with Gasteiger partial charge in [0.15, 0.2) is 5.78 Å². The summed E-state index contributed by atoms with van der Waals surface area (Å²) in [6.07, 6.45) is 1.79. The van der Waals surface area contributed by atoms with Crippen molar-refractivity contribution in [1.82, 2.24) is 25.2 Å². The summed E-state index contributed by atoms with van der Waals surface area (Å²) in [5.41, 5.74) is 4.44. The number of rotatable bonds is 6. The Morgan fingerprint density at radius 1 is 0.970 bits per heavy atom. The molecule has 0 saturated heterocycles. The van der Waals surface area contributed by atoms with Gasteiger partial charge in [-0.15, -0.1) is 5.10 Å². The summed E-state index contributed by atoms with van der Waals surface area (Å²) < 4.78 is 1.69. The number of nitrogens with one attached hydrogen (secondary N) is 1. The van der Waals surface area contributed by atoms with Crippen LogP contribution in [0.25, 0.3) is 16.6 Å². The number of thioether (sulfide) groups is 1. The Balaban J connectivity index is 0.00000126. The second-order valence-electron chi connectivity index (χ2n) is 7.18. The van der Waals surface area contributed by atoms with E-state index in [9.17, 15) is 4.79 Å². The van der Waals surface area contributed by atoms with Crippen LogP contribution in [-0.2, 0) is 0 Å². The molecule has 5 N–H and O–H groups in total. The molecule has 0 aliphatic rings. The Hall–Kier alpha value is -3.79. The van der Waals surface area contributed by atoms with E-state index in [2.05, 4.69) is 32.2 Å². The summed E-state index contributed by atoms with van der Waals surface area (Å²) in [6.45, 7) is 2.01. The average Bonchev–Trinajstić information content (AvgIpc) is 3.51. The van der Waals surface area contributed by atoms with E-state index in [1.165, 1.54) is 11.8 Å². The molecule has 2 aromatic heterocycles. The molecule has 9 heteroatoms. The number of hydrogen-bond donors (Lipinski definition) is 3. The third-order valence-electron chi connectivity index (χ3n) is 5.20. The Kier molecular flexibility index (Phi) is 6.94. The molecule has 0 spiro atoms. The van der Waals surface area contributed by atoms with Crippen molar-refractivity contribution in [2.24, 2.45) is 11.7 Å². The number of fused-ring (bicyclic) bond motifs is 1. The zero-order valence-corrected chi connectivity index (χ0v) is 18.7. The first-order valence-electron chi connectivity index (χ1n) is 10.2. The highest BCUT2D eigenvalue weighted by Crippen LogP contribution is 2.38. The second kappa shape index (κ2) is 10.2. The molecule has 8 nitrogen and oxygen atoms in total. The van der Waals surface area contributed by atoms with Gasteiger partial charge in [-0.05, 0) is 40.6 Å². The maximum atomic E-state index is 13.7. The molecule has 3 aromatic carbocycles. The summed E-state index contributed by atoms with van der Waals surface area (Å²) in [5, 5.41) is 13.3. The molecular weight excluding hydrogens is 434 g/mol. The van der Waals surface area contributed by atoms with Crippen molar-refractivity contribution < 1.29 is 4.79 Å². The lowest BCUT2D eigenvalue weighted by Gasteiger charge is -2.16. The first kappa shape index (κ1) is 22.4. The molecule has 166 valence electrons. The number of nitrogens with zero attached hydrogens (tertiary/aromatic N) is 4. The van der Waals surface area contributed by atoms with Crippen LogP contribution in [0, 0.1) is 6.92 Å². The molecular formula is C24H23N7OS. The predicted octanol–water partition coefficient (Wildman–Crippen LogP) is 3.99. The summed E-state index contributed by atoms with van der Waals surface area (Å²) in [7, 11) is 0. The van der Waals surface area contributed by atoms with Gasteiger partial charge >= 0.3 is 0 Å². The Labute approximate surface area is 195 Å². The fourth-order valence-electron chi connectivity index (χ4n) is 3.63. The number of hydrazine groups is 1. The van der Waals surface area contributed by atoms with Gasteiger partial charge < -0.3 is 4.98 Å². The average molecular weight is 458 g/mol. The fourth-order valence-corrected chi connectivity index (χ4v) is 4.68. The first-order chi connectivity index (χ1) is 16.2. The van der Waals surface area contributed by atoms with Crippen molar-refractivity contribution in [3.63, 3.8) is 0 Å². The number of aromatic amines is 1.